The first-order chi connectivity index (χ1) is 12.6. The summed E-state index contributed by atoms with van der Waals surface area (Å²) >= 11 is 7.68. The Bertz CT molecular complexity index is 978. The molecule has 2 aromatic carbocycles. The van der Waals surface area contributed by atoms with Crippen LogP contribution in [0.1, 0.15) is 38.1 Å². The van der Waals surface area contributed by atoms with Crippen LogP contribution in [0.15, 0.2) is 42.5 Å². The molecule has 2 heterocycles. The van der Waals surface area contributed by atoms with Gasteiger partial charge in [-0.05, 0) is 62.9 Å². The van der Waals surface area contributed by atoms with Gasteiger partial charge in [0.05, 0.1) is 11.2 Å². The van der Waals surface area contributed by atoms with Crippen molar-refractivity contribution in [1.82, 2.24) is 0 Å². The van der Waals surface area contributed by atoms with Crippen molar-refractivity contribution in [1.29, 1.82) is 0 Å². The molecular weight excluding hydrogens is 382 g/mol. The van der Waals surface area contributed by atoms with Crippen molar-refractivity contribution < 1.29 is 13.7 Å². The fourth-order valence-electron chi connectivity index (χ4n) is 3.30. The molecule has 0 radical (unpaired) electrons. The number of thiophene rings is 1. The van der Waals surface area contributed by atoms with Crippen LogP contribution in [0, 0.1) is 5.82 Å². The van der Waals surface area contributed by atoms with Crippen LogP contribution in [-0.4, -0.2) is 18.3 Å². The summed E-state index contributed by atoms with van der Waals surface area (Å²) in [4.78, 5) is 1.15. The summed E-state index contributed by atoms with van der Waals surface area (Å²) in [5, 5.41) is 1.56. The van der Waals surface area contributed by atoms with E-state index in [4.69, 9.17) is 20.9 Å². The lowest BCUT2D eigenvalue weighted by Crippen LogP contribution is -2.41. The van der Waals surface area contributed by atoms with E-state index in [9.17, 15) is 4.39 Å². The molecule has 6 heteroatoms. The van der Waals surface area contributed by atoms with Crippen molar-refractivity contribution >= 4 is 45.6 Å². The van der Waals surface area contributed by atoms with Crippen LogP contribution < -0.4 is 5.46 Å². The zero-order chi connectivity index (χ0) is 19.4. The molecule has 0 aliphatic carbocycles. The Balaban J connectivity index is 1.69. The molecule has 4 rings (SSSR count). The number of fused-ring (bicyclic) bond motifs is 1. The minimum Gasteiger partial charge on any atom is -0.399 e. The minimum atomic E-state index is -0.395. The van der Waals surface area contributed by atoms with Gasteiger partial charge in [-0.25, -0.2) is 4.39 Å². The monoisotopic (exact) mass is 402 g/mol. The van der Waals surface area contributed by atoms with Gasteiger partial charge in [-0.3, -0.25) is 0 Å². The largest absolute Gasteiger partial charge is 0.496 e. The van der Waals surface area contributed by atoms with Gasteiger partial charge in [0.25, 0.3) is 0 Å². The fraction of sp³-hybridized carbons (Fsp3) is 0.333. The van der Waals surface area contributed by atoms with Crippen LogP contribution in [-0.2, 0) is 15.7 Å². The molecule has 0 atom stereocenters. The SMILES string of the molecule is CC1(C)OB(c2cccc3cc(Cc4cc(F)cc(Cl)c4)sc23)OC1(C)C. The van der Waals surface area contributed by atoms with Crippen molar-refractivity contribution in [3.63, 3.8) is 0 Å². The van der Waals surface area contributed by atoms with Crippen molar-refractivity contribution in [3.8, 4) is 0 Å². The highest BCUT2D eigenvalue weighted by molar-refractivity contribution is 7.20. The molecule has 0 unspecified atom stereocenters. The first-order valence-corrected chi connectivity index (χ1v) is 10.2. The molecular formula is C21H21BClFO2S. The summed E-state index contributed by atoms with van der Waals surface area (Å²) in [6.07, 6.45) is 0.639. The van der Waals surface area contributed by atoms with Crippen molar-refractivity contribution in [2.24, 2.45) is 0 Å². The lowest BCUT2D eigenvalue weighted by Gasteiger charge is -2.32. The predicted molar refractivity (Wildman–Crippen MR) is 112 cm³/mol. The smallest absolute Gasteiger partial charge is 0.399 e. The Morgan fingerprint density at radius 2 is 1.74 bits per heavy atom. The van der Waals surface area contributed by atoms with Crippen LogP contribution in [0.3, 0.4) is 0 Å². The van der Waals surface area contributed by atoms with E-state index >= 15 is 0 Å². The third kappa shape index (κ3) is 3.54. The molecule has 1 aliphatic heterocycles. The second-order valence-electron chi connectivity index (χ2n) is 8.02. The third-order valence-electron chi connectivity index (χ3n) is 5.43. The summed E-state index contributed by atoms with van der Waals surface area (Å²) in [5.74, 6) is -0.309. The second-order valence-corrected chi connectivity index (χ2v) is 9.59. The number of benzene rings is 2. The number of rotatable bonds is 3. The Labute approximate surface area is 168 Å². The van der Waals surface area contributed by atoms with E-state index in [1.165, 1.54) is 12.1 Å². The number of hydrogen-bond donors (Lipinski definition) is 0. The van der Waals surface area contributed by atoms with E-state index in [-0.39, 0.29) is 17.0 Å². The molecule has 0 saturated carbocycles. The highest BCUT2D eigenvalue weighted by atomic mass is 35.5. The minimum absolute atomic E-state index is 0.309. The molecule has 2 nitrogen and oxygen atoms in total. The second kappa shape index (κ2) is 6.59. The Hall–Kier alpha value is -1.40. The van der Waals surface area contributed by atoms with Crippen molar-refractivity contribution in [2.45, 2.75) is 45.3 Å². The average Bonchev–Trinajstić information content (AvgIpc) is 3.03. The molecule has 1 fully saturated rings. The van der Waals surface area contributed by atoms with Gasteiger partial charge in [-0.2, -0.15) is 0 Å². The zero-order valence-corrected chi connectivity index (χ0v) is 17.4. The maximum Gasteiger partial charge on any atom is 0.496 e. The maximum atomic E-state index is 13.6. The van der Waals surface area contributed by atoms with Crippen molar-refractivity contribution in [3.05, 3.63) is 63.7 Å². The van der Waals surface area contributed by atoms with Gasteiger partial charge in [-0.15, -0.1) is 11.3 Å². The zero-order valence-electron chi connectivity index (χ0n) is 15.8. The highest BCUT2D eigenvalue weighted by Crippen LogP contribution is 2.38. The molecule has 3 aromatic rings. The molecule has 0 bridgehead atoms. The summed E-state index contributed by atoms with van der Waals surface area (Å²) in [5.41, 5.74) is 1.15. The highest BCUT2D eigenvalue weighted by Gasteiger charge is 2.52. The predicted octanol–water partition coefficient (Wildman–Crippen LogP) is 5.58. The maximum absolute atomic E-state index is 13.6. The Kier molecular flexibility index (Phi) is 4.63. The van der Waals surface area contributed by atoms with Gasteiger partial charge in [0, 0.05) is 26.5 Å². The summed E-state index contributed by atoms with van der Waals surface area (Å²) in [6.45, 7) is 8.22. The van der Waals surface area contributed by atoms with E-state index in [0.29, 0.717) is 11.4 Å². The van der Waals surface area contributed by atoms with Gasteiger partial charge in [-0.1, -0.05) is 29.8 Å². The topological polar surface area (TPSA) is 18.5 Å². The third-order valence-corrected chi connectivity index (χ3v) is 6.85. The molecule has 1 aromatic heterocycles. The van der Waals surface area contributed by atoms with E-state index in [0.717, 1.165) is 26.0 Å². The molecule has 140 valence electrons. The molecule has 0 amide bonds. The van der Waals surface area contributed by atoms with E-state index in [1.54, 1.807) is 11.3 Å². The van der Waals surface area contributed by atoms with Gasteiger partial charge in [0.1, 0.15) is 5.82 Å². The van der Waals surface area contributed by atoms with E-state index < -0.39 is 7.12 Å². The van der Waals surface area contributed by atoms with E-state index in [1.807, 2.05) is 12.1 Å². The summed E-state index contributed by atoms with van der Waals surface area (Å²) in [7, 11) is -0.395. The van der Waals surface area contributed by atoms with Crippen LogP contribution in [0.4, 0.5) is 4.39 Å². The van der Waals surface area contributed by atoms with Gasteiger partial charge >= 0.3 is 7.12 Å². The molecule has 1 saturated heterocycles. The van der Waals surface area contributed by atoms with Crippen molar-refractivity contribution in [2.75, 3.05) is 0 Å². The first-order valence-electron chi connectivity index (χ1n) is 8.97. The molecule has 1 aliphatic rings. The number of hydrogen-bond acceptors (Lipinski definition) is 3. The Morgan fingerprint density at radius 3 is 2.41 bits per heavy atom. The van der Waals surface area contributed by atoms with Crippen LogP contribution in [0.2, 0.25) is 5.02 Å². The Morgan fingerprint density at radius 1 is 1.04 bits per heavy atom. The number of halogens is 2. The molecule has 0 spiro atoms. The average molecular weight is 403 g/mol. The fourth-order valence-corrected chi connectivity index (χ4v) is 4.75. The normalized spacial score (nSPS) is 18.4. The lowest BCUT2D eigenvalue weighted by atomic mass is 9.78. The van der Waals surface area contributed by atoms with Gasteiger partial charge < -0.3 is 9.31 Å². The van der Waals surface area contributed by atoms with Crippen LogP contribution >= 0.6 is 22.9 Å². The van der Waals surface area contributed by atoms with Gasteiger partial charge in [0.15, 0.2) is 0 Å². The summed E-state index contributed by atoms with van der Waals surface area (Å²) < 4.78 is 27.3. The quantitative estimate of drug-likeness (QED) is 0.532. The van der Waals surface area contributed by atoms with Crippen LogP contribution in [0.5, 0.6) is 0 Å². The molecule has 27 heavy (non-hydrogen) atoms. The van der Waals surface area contributed by atoms with E-state index in [2.05, 4.69) is 45.9 Å². The molecule has 0 N–H and O–H groups in total. The van der Waals surface area contributed by atoms with Gasteiger partial charge in [0.2, 0.25) is 0 Å². The van der Waals surface area contributed by atoms with Crippen LogP contribution in [0.25, 0.3) is 10.1 Å². The lowest BCUT2D eigenvalue weighted by molar-refractivity contribution is 0.00578. The standard InChI is InChI=1S/C21H21BClFO2S/c1-20(2)21(3,4)26-22(25-20)18-7-5-6-14-11-17(27-19(14)18)10-13-8-15(23)12-16(24)9-13/h5-9,11-12H,10H2,1-4H3. The summed E-state index contributed by atoms with van der Waals surface area (Å²) in [6, 6.07) is 13.0. The first kappa shape index (κ1) is 18.9.